The van der Waals surface area contributed by atoms with Crippen LogP contribution in [0, 0.1) is 5.92 Å². The largest absolute Gasteiger partial charge is 0.298 e. The molecule has 1 saturated heterocycles. The van der Waals surface area contributed by atoms with Gasteiger partial charge in [-0.05, 0) is 30.3 Å². The molecule has 0 bridgehead atoms. The molecule has 1 fully saturated rings. The van der Waals surface area contributed by atoms with Crippen molar-refractivity contribution in [3.05, 3.63) is 22.4 Å². The van der Waals surface area contributed by atoms with Crippen LogP contribution in [-0.4, -0.2) is 22.8 Å². The molecule has 0 N–H and O–H groups in total. The average molecular weight is 274 g/mol. The quantitative estimate of drug-likeness (QED) is 0.747. The molecule has 0 amide bonds. The van der Waals surface area contributed by atoms with Crippen molar-refractivity contribution in [3.8, 4) is 0 Å². The molecule has 2 unspecified atom stereocenters. The normalized spacial score (nSPS) is 29.3. The molecule has 1 nitrogen and oxygen atoms in total. The Bertz CT molecular complexity index is 273. The van der Waals surface area contributed by atoms with E-state index in [0.717, 1.165) is 17.3 Å². The van der Waals surface area contributed by atoms with Gasteiger partial charge in [-0.3, -0.25) is 4.90 Å². The first-order chi connectivity index (χ1) is 6.75. The van der Waals surface area contributed by atoms with Crippen molar-refractivity contribution in [1.82, 2.24) is 4.90 Å². The summed E-state index contributed by atoms with van der Waals surface area (Å²) in [7, 11) is 0. The molecule has 0 aromatic carbocycles. The van der Waals surface area contributed by atoms with E-state index in [9.17, 15) is 0 Å². The standard InChI is InChI=1S/C11H16BrNS/c1-9-7-13(5-4-11(9)12)8-10-3-2-6-14-10/h2-3,6,9,11H,4-5,7-8H2,1H3. The monoisotopic (exact) mass is 273 g/mol. The highest BCUT2D eigenvalue weighted by atomic mass is 79.9. The van der Waals surface area contributed by atoms with Crippen molar-refractivity contribution in [1.29, 1.82) is 0 Å². The lowest BCUT2D eigenvalue weighted by atomic mass is 10.0. The summed E-state index contributed by atoms with van der Waals surface area (Å²) >= 11 is 5.60. The van der Waals surface area contributed by atoms with Gasteiger partial charge in [-0.1, -0.05) is 28.9 Å². The highest BCUT2D eigenvalue weighted by Crippen LogP contribution is 2.25. The Kier molecular flexibility index (Phi) is 3.63. The highest BCUT2D eigenvalue weighted by molar-refractivity contribution is 9.09. The highest BCUT2D eigenvalue weighted by Gasteiger charge is 2.23. The first kappa shape index (κ1) is 10.7. The van der Waals surface area contributed by atoms with E-state index in [1.54, 1.807) is 0 Å². The van der Waals surface area contributed by atoms with Crippen molar-refractivity contribution >= 4 is 27.3 Å². The minimum atomic E-state index is 0.724. The van der Waals surface area contributed by atoms with Gasteiger partial charge in [0, 0.05) is 22.8 Å². The van der Waals surface area contributed by atoms with Crippen molar-refractivity contribution in [3.63, 3.8) is 0 Å². The summed E-state index contributed by atoms with van der Waals surface area (Å²) in [6.45, 7) is 5.94. The molecule has 0 saturated carbocycles. The molecule has 0 spiro atoms. The number of halogens is 1. The Labute approximate surface area is 98.2 Å². The summed E-state index contributed by atoms with van der Waals surface area (Å²) in [5, 5.41) is 2.16. The zero-order valence-corrected chi connectivity index (χ0v) is 10.9. The van der Waals surface area contributed by atoms with E-state index in [1.165, 1.54) is 24.4 Å². The van der Waals surface area contributed by atoms with Gasteiger partial charge in [0.1, 0.15) is 0 Å². The molecule has 3 heteroatoms. The summed E-state index contributed by atoms with van der Waals surface area (Å²) in [5.74, 6) is 0.781. The van der Waals surface area contributed by atoms with Crippen LogP contribution in [0.25, 0.3) is 0 Å². The summed E-state index contributed by atoms with van der Waals surface area (Å²) in [5.41, 5.74) is 0. The van der Waals surface area contributed by atoms with Gasteiger partial charge in [0.2, 0.25) is 0 Å². The summed E-state index contributed by atoms with van der Waals surface area (Å²) in [6, 6.07) is 4.37. The average Bonchev–Trinajstić information content (AvgIpc) is 2.64. The number of hydrogen-bond donors (Lipinski definition) is 0. The second-order valence-electron chi connectivity index (χ2n) is 4.10. The van der Waals surface area contributed by atoms with Crippen molar-refractivity contribution in [2.45, 2.75) is 24.7 Å². The van der Waals surface area contributed by atoms with Crippen LogP contribution in [0.2, 0.25) is 0 Å². The molecule has 14 heavy (non-hydrogen) atoms. The Morgan fingerprint density at radius 3 is 3.14 bits per heavy atom. The van der Waals surface area contributed by atoms with Gasteiger partial charge in [0.25, 0.3) is 0 Å². The zero-order chi connectivity index (χ0) is 9.97. The van der Waals surface area contributed by atoms with Gasteiger partial charge in [-0.15, -0.1) is 11.3 Å². The van der Waals surface area contributed by atoms with E-state index in [-0.39, 0.29) is 0 Å². The lowest BCUT2D eigenvalue weighted by molar-refractivity contribution is 0.185. The molecular weight excluding hydrogens is 258 g/mol. The Morgan fingerprint density at radius 1 is 1.64 bits per heavy atom. The number of nitrogens with zero attached hydrogens (tertiary/aromatic N) is 1. The van der Waals surface area contributed by atoms with Gasteiger partial charge in [-0.2, -0.15) is 0 Å². The van der Waals surface area contributed by atoms with Gasteiger partial charge >= 0.3 is 0 Å². The number of hydrogen-bond acceptors (Lipinski definition) is 2. The fraction of sp³-hybridized carbons (Fsp3) is 0.636. The number of likely N-dealkylation sites (tertiary alicyclic amines) is 1. The number of alkyl halides is 1. The van der Waals surface area contributed by atoms with Crippen LogP contribution in [0.5, 0.6) is 0 Å². The van der Waals surface area contributed by atoms with E-state index >= 15 is 0 Å². The van der Waals surface area contributed by atoms with E-state index in [1.807, 2.05) is 11.3 Å². The predicted molar refractivity (Wildman–Crippen MR) is 66.1 cm³/mol. The first-order valence-corrected chi connectivity index (χ1v) is 6.94. The van der Waals surface area contributed by atoms with Crippen LogP contribution in [0.4, 0.5) is 0 Å². The first-order valence-electron chi connectivity index (χ1n) is 5.14. The molecule has 78 valence electrons. The molecule has 1 aromatic heterocycles. The molecule has 2 atom stereocenters. The molecule has 1 aromatic rings. The van der Waals surface area contributed by atoms with Crippen molar-refractivity contribution < 1.29 is 0 Å². The maximum Gasteiger partial charge on any atom is 0.0328 e. The topological polar surface area (TPSA) is 3.24 Å². The van der Waals surface area contributed by atoms with E-state index < -0.39 is 0 Å². The minimum absolute atomic E-state index is 0.724. The van der Waals surface area contributed by atoms with Gasteiger partial charge < -0.3 is 0 Å². The fourth-order valence-corrected chi connectivity index (χ4v) is 3.09. The van der Waals surface area contributed by atoms with E-state index in [4.69, 9.17) is 0 Å². The summed E-state index contributed by atoms with van der Waals surface area (Å²) in [4.78, 5) is 4.78. The van der Waals surface area contributed by atoms with Crippen LogP contribution >= 0.6 is 27.3 Å². The number of thiophene rings is 1. The predicted octanol–water partition coefficient (Wildman–Crippen LogP) is 3.35. The molecular formula is C11H16BrNS. The second-order valence-corrected chi connectivity index (χ2v) is 6.30. The smallest absolute Gasteiger partial charge is 0.0328 e. The third-order valence-corrected chi connectivity index (χ3v) is 5.07. The van der Waals surface area contributed by atoms with Crippen molar-refractivity contribution in [2.24, 2.45) is 5.92 Å². The Hall–Kier alpha value is 0.140. The summed E-state index contributed by atoms with van der Waals surface area (Å²) in [6.07, 6.45) is 1.28. The van der Waals surface area contributed by atoms with Crippen LogP contribution in [0.3, 0.4) is 0 Å². The van der Waals surface area contributed by atoms with Crippen LogP contribution in [-0.2, 0) is 6.54 Å². The molecule has 0 aliphatic carbocycles. The Balaban J connectivity index is 1.88. The molecule has 1 aliphatic rings. The lowest BCUT2D eigenvalue weighted by Crippen LogP contribution is -2.38. The minimum Gasteiger partial charge on any atom is -0.298 e. The zero-order valence-electron chi connectivity index (χ0n) is 8.45. The molecule has 2 rings (SSSR count). The third kappa shape index (κ3) is 2.59. The molecule has 2 heterocycles. The van der Waals surface area contributed by atoms with Crippen molar-refractivity contribution in [2.75, 3.05) is 13.1 Å². The molecule has 0 radical (unpaired) electrons. The van der Waals surface area contributed by atoms with Gasteiger partial charge in [0.05, 0.1) is 0 Å². The van der Waals surface area contributed by atoms with E-state index in [0.29, 0.717) is 0 Å². The number of piperidine rings is 1. The second kappa shape index (κ2) is 4.77. The maximum atomic E-state index is 3.73. The fourth-order valence-electron chi connectivity index (χ4n) is 1.97. The van der Waals surface area contributed by atoms with Gasteiger partial charge in [-0.25, -0.2) is 0 Å². The summed E-state index contributed by atoms with van der Waals surface area (Å²) < 4.78 is 0. The Morgan fingerprint density at radius 2 is 2.50 bits per heavy atom. The number of rotatable bonds is 2. The lowest BCUT2D eigenvalue weighted by Gasteiger charge is -2.33. The van der Waals surface area contributed by atoms with Gasteiger partial charge in [0.15, 0.2) is 0 Å². The third-order valence-electron chi connectivity index (χ3n) is 2.84. The SMILES string of the molecule is CC1CN(Cc2cccs2)CCC1Br. The molecule has 1 aliphatic heterocycles. The van der Waals surface area contributed by atoms with Crippen LogP contribution in [0.15, 0.2) is 17.5 Å². The van der Waals surface area contributed by atoms with E-state index in [2.05, 4.69) is 45.3 Å². The maximum absolute atomic E-state index is 3.73. The van der Waals surface area contributed by atoms with Crippen LogP contribution in [0.1, 0.15) is 18.2 Å². The van der Waals surface area contributed by atoms with Crippen LogP contribution < -0.4 is 0 Å².